The second-order valence-corrected chi connectivity index (χ2v) is 4.36. The highest BCUT2D eigenvalue weighted by atomic mass is 19.4. The van der Waals surface area contributed by atoms with Crippen LogP contribution in [0, 0.1) is 5.82 Å². The first-order valence-electron chi connectivity index (χ1n) is 6.27. The van der Waals surface area contributed by atoms with Gasteiger partial charge in [-0.25, -0.2) is 4.39 Å². The van der Waals surface area contributed by atoms with Crippen molar-refractivity contribution in [3.63, 3.8) is 0 Å². The second-order valence-electron chi connectivity index (χ2n) is 4.36. The number of benzene rings is 1. The lowest BCUT2D eigenvalue weighted by atomic mass is 10.2. The van der Waals surface area contributed by atoms with Crippen molar-refractivity contribution in [1.29, 1.82) is 0 Å². The lowest BCUT2D eigenvalue weighted by Gasteiger charge is -2.09. The Hall–Kier alpha value is -1.83. The Morgan fingerprint density at radius 3 is 2.62 bits per heavy atom. The van der Waals surface area contributed by atoms with Crippen molar-refractivity contribution >= 4 is 17.3 Å². The molecule has 0 heterocycles. The summed E-state index contributed by atoms with van der Waals surface area (Å²) < 4.78 is 53.3. The number of nitrogens with two attached hydrogens (primary N) is 1. The number of hydrogen-bond donors (Lipinski definition) is 2. The number of carbonyl (C=O) groups is 1. The van der Waals surface area contributed by atoms with Gasteiger partial charge in [-0.15, -0.1) is 0 Å². The third-order valence-electron chi connectivity index (χ3n) is 2.51. The monoisotopic (exact) mass is 308 g/mol. The molecule has 0 radical (unpaired) electrons. The standard InChI is InChI=1S/C13H16F4N2O2/c14-9-2-3-11(10(18)8-9)19-12(20)4-7-21-6-1-5-13(15,16)17/h2-3,8H,1,4-7,18H2,(H,19,20). The summed E-state index contributed by atoms with van der Waals surface area (Å²) in [5.41, 5.74) is 5.88. The smallest absolute Gasteiger partial charge is 0.389 e. The van der Waals surface area contributed by atoms with Crippen molar-refractivity contribution in [2.75, 3.05) is 24.3 Å². The van der Waals surface area contributed by atoms with Crippen LogP contribution in [0.4, 0.5) is 28.9 Å². The van der Waals surface area contributed by atoms with Gasteiger partial charge in [0.15, 0.2) is 0 Å². The van der Waals surface area contributed by atoms with E-state index < -0.39 is 24.3 Å². The number of rotatable bonds is 7. The number of nitrogens with one attached hydrogen (secondary N) is 1. The molecule has 0 fully saturated rings. The van der Waals surface area contributed by atoms with E-state index >= 15 is 0 Å². The first-order valence-corrected chi connectivity index (χ1v) is 6.27. The van der Waals surface area contributed by atoms with Crippen LogP contribution < -0.4 is 11.1 Å². The van der Waals surface area contributed by atoms with E-state index in [2.05, 4.69) is 5.32 Å². The summed E-state index contributed by atoms with van der Waals surface area (Å²) in [6, 6.07) is 3.55. The zero-order valence-electron chi connectivity index (χ0n) is 11.2. The van der Waals surface area contributed by atoms with E-state index in [1.807, 2.05) is 0 Å². The van der Waals surface area contributed by atoms with Crippen molar-refractivity contribution in [2.45, 2.75) is 25.4 Å². The van der Waals surface area contributed by atoms with Crippen molar-refractivity contribution in [3.8, 4) is 0 Å². The molecule has 0 saturated carbocycles. The van der Waals surface area contributed by atoms with Gasteiger partial charge in [0.25, 0.3) is 0 Å². The van der Waals surface area contributed by atoms with E-state index in [9.17, 15) is 22.4 Å². The average molecular weight is 308 g/mol. The zero-order valence-corrected chi connectivity index (χ0v) is 11.2. The van der Waals surface area contributed by atoms with Crippen molar-refractivity contribution in [3.05, 3.63) is 24.0 Å². The normalized spacial score (nSPS) is 11.4. The van der Waals surface area contributed by atoms with Gasteiger partial charge in [-0.3, -0.25) is 4.79 Å². The van der Waals surface area contributed by atoms with Gasteiger partial charge in [0, 0.05) is 13.0 Å². The van der Waals surface area contributed by atoms with Gasteiger partial charge >= 0.3 is 6.18 Å². The predicted octanol–water partition coefficient (Wildman–Crippen LogP) is 3.10. The number of hydrogen-bond acceptors (Lipinski definition) is 3. The first kappa shape index (κ1) is 17.2. The molecule has 0 atom stereocenters. The summed E-state index contributed by atoms with van der Waals surface area (Å²) in [7, 11) is 0. The van der Waals surface area contributed by atoms with Crippen LogP contribution in [-0.4, -0.2) is 25.3 Å². The highest BCUT2D eigenvalue weighted by Gasteiger charge is 2.25. The maximum atomic E-state index is 12.8. The lowest BCUT2D eigenvalue weighted by Crippen LogP contribution is -2.16. The van der Waals surface area contributed by atoms with Gasteiger partial charge in [-0.05, 0) is 24.6 Å². The van der Waals surface area contributed by atoms with E-state index in [-0.39, 0.29) is 37.4 Å². The highest BCUT2D eigenvalue weighted by molar-refractivity contribution is 5.93. The summed E-state index contributed by atoms with van der Waals surface area (Å²) in [6.07, 6.45) is -5.27. The number of nitrogen functional groups attached to an aromatic ring is 1. The minimum atomic E-state index is -4.19. The summed E-state index contributed by atoms with van der Waals surface area (Å²) >= 11 is 0. The van der Waals surface area contributed by atoms with Crippen molar-refractivity contribution in [1.82, 2.24) is 0 Å². The molecular formula is C13H16F4N2O2. The topological polar surface area (TPSA) is 64.3 Å². The molecule has 0 bridgehead atoms. The summed E-state index contributed by atoms with van der Waals surface area (Å²) in [5.74, 6) is -0.928. The van der Waals surface area contributed by atoms with Crippen LogP contribution in [0.1, 0.15) is 19.3 Å². The minimum Gasteiger partial charge on any atom is -0.397 e. The molecule has 3 N–H and O–H groups in total. The Labute approximate surface area is 119 Å². The molecule has 1 amide bonds. The molecule has 4 nitrogen and oxygen atoms in total. The van der Waals surface area contributed by atoms with E-state index in [0.29, 0.717) is 0 Å². The third kappa shape index (κ3) is 7.50. The van der Waals surface area contributed by atoms with Crippen LogP contribution in [0.5, 0.6) is 0 Å². The van der Waals surface area contributed by atoms with Gasteiger partial charge < -0.3 is 15.8 Å². The maximum Gasteiger partial charge on any atom is 0.389 e. The second kappa shape index (κ2) is 7.82. The summed E-state index contributed by atoms with van der Waals surface area (Å²) in [5, 5.41) is 2.46. The molecule has 0 aliphatic carbocycles. The molecule has 0 spiro atoms. The molecule has 0 saturated heterocycles. The molecule has 0 unspecified atom stereocenters. The molecule has 21 heavy (non-hydrogen) atoms. The quantitative estimate of drug-likeness (QED) is 0.462. The number of halogens is 4. The molecule has 1 rings (SSSR count). The number of amides is 1. The van der Waals surface area contributed by atoms with Gasteiger partial charge in [0.05, 0.1) is 24.4 Å². The Bertz CT molecular complexity index is 478. The number of carbonyl (C=O) groups excluding carboxylic acids is 1. The molecule has 1 aromatic rings. The van der Waals surface area contributed by atoms with Crippen LogP contribution in [0.25, 0.3) is 0 Å². The van der Waals surface area contributed by atoms with Crippen LogP contribution >= 0.6 is 0 Å². The lowest BCUT2D eigenvalue weighted by molar-refractivity contribution is -0.138. The maximum absolute atomic E-state index is 12.8. The number of ether oxygens (including phenoxy) is 1. The number of anilines is 2. The fourth-order valence-electron chi connectivity index (χ4n) is 1.50. The van der Waals surface area contributed by atoms with E-state index in [4.69, 9.17) is 10.5 Å². The fraction of sp³-hybridized carbons (Fsp3) is 0.462. The fourth-order valence-corrected chi connectivity index (χ4v) is 1.50. The Balaban J connectivity index is 2.20. The average Bonchev–Trinajstić information content (AvgIpc) is 2.36. The Kier molecular flexibility index (Phi) is 6.41. The summed E-state index contributed by atoms with van der Waals surface area (Å²) in [4.78, 5) is 11.5. The van der Waals surface area contributed by atoms with Gasteiger partial charge in [-0.2, -0.15) is 13.2 Å². The molecule has 0 aliphatic rings. The summed E-state index contributed by atoms with van der Waals surface area (Å²) in [6.45, 7) is -0.0593. The first-order chi connectivity index (χ1) is 9.78. The molecular weight excluding hydrogens is 292 g/mol. The molecule has 0 aromatic heterocycles. The van der Waals surface area contributed by atoms with Gasteiger partial charge in [-0.1, -0.05) is 0 Å². The van der Waals surface area contributed by atoms with Crippen LogP contribution in [-0.2, 0) is 9.53 Å². The van der Waals surface area contributed by atoms with Crippen molar-refractivity contribution < 1.29 is 27.1 Å². The molecule has 8 heteroatoms. The predicted molar refractivity (Wildman–Crippen MR) is 70.2 cm³/mol. The third-order valence-corrected chi connectivity index (χ3v) is 2.51. The minimum absolute atomic E-state index is 0.00475. The van der Waals surface area contributed by atoms with Crippen LogP contribution in [0.15, 0.2) is 18.2 Å². The largest absolute Gasteiger partial charge is 0.397 e. The van der Waals surface area contributed by atoms with Crippen molar-refractivity contribution in [2.24, 2.45) is 0 Å². The molecule has 118 valence electrons. The zero-order chi connectivity index (χ0) is 15.9. The van der Waals surface area contributed by atoms with E-state index in [0.717, 1.165) is 12.1 Å². The number of alkyl halides is 3. The molecule has 1 aromatic carbocycles. The van der Waals surface area contributed by atoms with Gasteiger partial charge in [0.2, 0.25) is 5.91 Å². The SMILES string of the molecule is Nc1cc(F)ccc1NC(=O)CCOCCCC(F)(F)F. The van der Waals surface area contributed by atoms with Crippen LogP contribution in [0.2, 0.25) is 0 Å². The van der Waals surface area contributed by atoms with E-state index in [1.54, 1.807) is 0 Å². The highest BCUT2D eigenvalue weighted by Crippen LogP contribution is 2.21. The van der Waals surface area contributed by atoms with Gasteiger partial charge in [0.1, 0.15) is 5.82 Å². The van der Waals surface area contributed by atoms with Crippen LogP contribution in [0.3, 0.4) is 0 Å². The van der Waals surface area contributed by atoms with E-state index in [1.165, 1.54) is 6.07 Å². The Morgan fingerprint density at radius 1 is 1.29 bits per heavy atom. The Morgan fingerprint density at radius 2 is 2.00 bits per heavy atom. The molecule has 0 aliphatic heterocycles.